The highest BCUT2D eigenvalue weighted by Gasteiger charge is 2.27. The summed E-state index contributed by atoms with van der Waals surface area (Å²) < 4.78 is 4.94. The van der Waals surface area contributed by atoms with Gasteiger partial charge in [0.2, 0.25) is 0 Å². The molecular weight excluding hydrogens is 280 g/mol. The van der Waals surface area contributed by atoms with Gasteiger partial charge in [0.1, 0.15) is 11.8 Å². The van der Waals surface area contributed by atoms with Crippen LogP contribution in [0.25, 0.3) is 0 Å². The summed E-state index contributed by atoms with van der Waals surface area (Å²) in [4.78, 5) is 24.2. The minimum absolute atomic E-state index is 0.00686. The van der Waals surface area contributed by atoms with Crippen LogP contribution in [-0.2, 0) is 16.0 Å². The van der Waals surface area contributed by atoms with Crippen LogP contribution in [0.1, 0.15) is 35.7 Å². The molecule has 0 heterocycles. The van der Waals surface area contributed by atoms with E-state index >= 15 is 0 Å². The van der Waals surface area contributed by atoms with Gasteiger partial charge >= 0.3 is 5.97 Å². The number of carbonyl (C=O) groups is 2. The highest BCUT2D eigenvalue weighted by molar-refractivity contribution is 6.36. The van der Waals surface area contributed by atoms with Crippen molar-refractivity contribution in [2.75, 3.05) is 6.61 Å². The molecule has 0 saturated heterocycles. The van der Waals surface area contributed by atoms with E-state index in [0.29, 0.717) is 12.8 Å². The topological polar surface area (TPSA) is 67.8 Å². The molecule has 1 N–H and O–H groups in total. The van der Waals surface area contributed by atoms with Crippen LogP contribution in [-0.4, -0.2) is 30.1 Å². The first-order chi connectivity index (χ1) is 10.7. The molecule has 0 bridgehead atoms. The molecule has 1 aromatic rings. The monoisotopic (exact) mass is 300 g/mol. The molecule has 1 aliphatic rings. The quantitative estimate of drug-likeness (QED) is 0.379. The number of nitrogens with zero attached hydrogens (tertiary/aromatic N) is 1. The van der Waals surface area contributed by atoms with Gasteiger partial charge in [0, 0.05) is 12.0 Å². The minimum atomic E-state index is -0.487. The molecule has 1 unspecified atom stereocenters. The number of nitrogens with one attached hydrogen (secondary N) is 1. The number of carbonyl (C=O) groups excluding carboxylic acids is 2. The number of hydrogen-bond donors (Lipinski definition) is 1. The second-order valence-electron chi connectivity index (χ2n) is 5.01. The van der Waals surface area contributed by atoms with E-state index in [0.717, 1.165) is 17.5 Å². The van der Waals surface area contributed by atoms with Crippen molar-refractivity contribution in [3.63, 3.8) is 0 Å². The van der Waals surface area contributed by atoms with Crippen molar-refractivity contribution in [3.8, 4) is 0 Å². The van der Waals surface area contributed by atoms with Crippen molar-refractivity contribution in [1.82, 2.24) is 5.43 Å². The lowest BCUT2D eigenvalue weighted by atomic mass is 9.87. The zero-order valence-corrected chi connectivity index (χ0v) is 12.7. The lowest BCUT2D eigenvalue weighted by molar-refractivity contribution is -0.135. The Balaban J connectivity index is 2.10. The smallest absolute Gasteiger partial charge is 0.354 e. The van der Waals surface area contributed by atoms with Crippen LogP contribution in [0.3, 0.4) is 0 Å². The predicted molar refractivity (Wildman–Crippen MR) is 84.9 cm³/mol. The fourth-order valence-electron chi connectivity index (χ4n) is 2.40. The largest absolute Gasteiger partial charge is 0.461 e. The summed E-state index contributed by atoms with van der Waals surface area (Å²) in [6.45, 7) is 5.62. The highest BCUT2D eigenvalue weighted by Crippen LogP contribution is 2.21. The summed E-state index contributed by atoms with van der Waals surface area (Å²) >= 11 is 0. The maximum Gasteiger partial charge on any atom is 0.354 e. The number of benzene rings is 1. The number of ether oxygens (including phenoxy) is 1. The maximum absolute atomic E-state index is 12.4. The Morgan fingerprint density at radius 2 is 2.27 bits per heavy atom. The number of hydrazone groups is 1. The average molecular weight is 300 g/mol. The van der Waals surface area contributed by atoms with Crippen LogP contribution in [0.5, 0.6) is 0 Å². The fraction of sp³-hybridized carbons (Fsp3) is 0.353. The molecule has 5 heteroatoms. The van der Waals surface area contributed by atoms with E-state index in [1.807, 2.05) is 24.3 Å². The number of fused-ring (bicyclic) bond motifs is 1. The standard InChI is InChI=1S/C17H20N2O3/c1-3-7-15(17(21)22-4-2)19-18-14-11-10-12-8-5-6-9-13(12)16(14)20/h3,5-6,8-9,14,18H,1,4,7,10-11H2,2H3/b19-15+. The van der Waals surface area contributed by atoms with E-state index in [1.54, 1.807) is 13.0 Å². The van der Waals surface area contributed by atoms with Crippen LogP contribution >= 0.6 is 0 Å². The molecule has 0 saturated carbocycles. The summed E-state index contributed by atoms with van der Waals surface area (Å²) in [6.07, 6.45) is 3.34. The van der Waals surface area contributed by atoms with Gasteiger partial charge in [-0.05, 0) is 25.3 Å². The third kappa shape index (κ3) is 3.61. The molecule has 0 aliphatic heterocycles. The maximum atomic E-state index is 12.4. The number of ketones is 1. The van der Waals surface area contributed by atoms with Crippen LogP contribution in [0.4, 0.5) is 0 Å². The lowest BCUT2D eigenvalue weighted by Gasteiger charge is -2.23. The van der Waals surface area contributed by atoms with E-state index in [1.165, 1.54) is 0 Å². The summed E-state index contributed by atoms with van der Waals surface area (Å²) in [5.74, 6) is -0.481. The van der Waals surface area contributed by atoms with Crippen molar-refractivity contribution in [2.24, 2.45) is 5.10 Å². The van der Waals surface area contributed by atoms with E-state index < -0.39 is 12.0 Å². The Morgan fingerprint density at radius 3 is 3.00 bits per heavy atom. The molecule has 1 aromatic carbocycles. The predicted octanol–water partition coefficient (Wildman–Crippen LogP) is 2.27. The van der Waals surface area contributed by atoms with Crippen molar-refractivity contribution < 1.29 is 14.3 Å². The van der Waals surface area contributed by atoms with Crippen LogP contribution in [0.15, 0.2) is 42.0 Å². The molecule has 116 valence electrons. The molecule has 0 amide bonds. The van der Waals surface area contributed by atoms with E-state index in [2.05, 4.69) is 17.1 Å². The summed E-state index contributed by atoms with van der Waals surface area (Å²) in [5.41, 5.74) is 4.84. The van der Waals surface area contributed by atoms with Gasteiger partial charge in [0.15, 0.2) is 5.78 Å². The number of esters is 1. The Kier molecular flexibility index (Phi) is 5.47. The highest BCUT2D eigenvalue weighted by atomic mass is 16.5. The molecule has 0 spiro atoms. The Hall–Kier alpha value is -2.43. The van der Waals surface area contributed by atoms with Gasteiger partial charge in [-0.2, -0.15) is 5.10 Å². The second kappa shape index (κ2) is 7.54. The first kappa shape index (κ1) is 15.9. The van der Waals surface area contributed by atoms with E-state index in [-0.39, 0.29) is 18.1 Å². The van der Waals surface area contributed by atoms with Crippen molar-refractivity contribution in [3.05, 3.63) is 48.0 Å². The average Bonchev–Trinajstić information content (AvgIpc) is 2.53. The fourth-order valence-corrected chi connectivity index (χ4v) is 2.40. The zero-order valence-electron chi connectivity index (χ0n) is 12.7. The lowest BCUT2D eigenvalue weighted by Crippen LogP contribution is -2.38. The van der Waals surface area contributed by atoms with Gasteiger partial charge in [-0.3, -0.25) is 10.2 Å². The van der Waals surface area contributed by atoms with Crippen LogP contribution in [0.2, 0.25) is 0 Å². The van der Waals surface area contributed by atoms with Gasteiger partial charge in [0.25, 0.3) is 0 Å². The third-order valence-electron chi connectivity index (χ3n) is 3.51. The number of allylic oxidation sites excluding steroid dienone is 1. The Morgan fingerprint density at radius 1 is 1.50 bits per heavy atom. The molecule has 2 rings (SSSR count). The molecule has 1 aliphatic carbocycles. The summed E-state index contributed by atoms with van der Waals surface area (Å²) in [6, 6.07) is 7.16. The van der Waals surface area contributed by atoms with Crippen molar-refractivity contribution >= 4 is 17.5 Å². The van der Waals surface area contributed by atoms with Crippen molar-refractivity contribution in [2.45, 2.75) is 32.2 Å². The first-order valence-electron chi connectivity index (χ1n) is 7.39. The molecule has 5 nitrogen and oxygen atoms in total. The Bertz CT molecular complexity index is 608. The SMILES string of the molecule is C=CC/C(=N\NC1CCc2ccccc2C1=O)C(=O)OCC. The number of rotatable bonds is 6. The van der Waals surface area contributed by atoms with Crippen LogP contribution < -0.4 is 5.43 Å². The number of aryl methyl sites for hydroxylation is 1. The van der Waals surface area contributed by atoms with Crippen LogP contribution in [0, 0.1) is 0 Å². The Labute approximate surface area is 130 Å². The molecule has 22 heavy (non-hydrogen) atoms. The van der Waals surface area contributed by atoms with E-state index in [4.69, 9.17) is 4.74 Å². The minimum Gasteiger partial charge on any atom is -0.461 e. The van der Waals surface area contributed by atoms with Gasteiger partial charge in [0.05, 0.1) is 6.61 Å². The van der Waals surface area contributed by atoms with Crippen molar-refractivity contribution in [1.29, 1.82) is 0 Å². The number of hydrogen-bond acceptors (Lipinski definition) is 5. The molecule has 0 aromatic heterocycles. The second-order valence-corrected chi connectivity index (χ2v) is 5.01. The van der Waals surface area contributed by atoms with Gasteiger partial charge < -0.3 is 4.74 Å². The van der Waals surface area contributed by atoms with E-state index in [9.17, 15) is 9.59 Å². The molecule has 0 fully saturated rings. The normalized spacial score (nSPS) is 17.6. The van der Waals surface area contributed by atoms with Gasteiger partial charge in [-0.1, -0.05) is 30.3 Å². The first-order valence-corrected chi connectivity index (χ1v) is 7.39. The zero-order chi connectivity index (χ0) is 15.9. The van der Waals surface area contributed by atoms with Gasteiger partial charge in [-0.15, -0.1) is 6.58 Å². The summed E-state index contributed by atoms with van der Waals surface area (Å²) in [7, 11) is 0. The van der Waals surface area contributed by atoms with Gasteiger partial charge in [-0.25, -0.2) is 4.79 Å². The summed E-state index contributed by atoms with van der Waals surface area (Å²) in [5, 5.41) is 4.08. The molecule has 1 atom stereocenters. The molecule has 0 radical (unpaired) electrons. The third-order valence-corrected chi connectivity index (χ3v) is 3.51. The number of Topliss-reactive ketones (excluding diaryl/α,β-unsaturated/α-hetero) is 1. The molecular formula is C17H20N2O3.